The van der Waals surface area contributed by atoms with E-state index < -0.39 is 6.43 Å². The highest BCUT2D eigenvalue weighted by atomic mass is 19.3. The summed E-state index contributed by atoms with van der Waals surface area (Å²) in [5.41, 5.74) is 3.12. The van der Waals surface area contributed by atoms with Crippen molar-refractivity contribution < 1.29 is 13.6 Å². The fourth-order valence-corrected chi connectivity index (χ4v) is 2.74. The number of benzene rings is 1. The molecule has 2 heterocycles. The lowest BCUT2D eigenvalue weighted by Gasteiger charge is -2.10. The van der Waals surface area contributed by atoms with Gasteiger partial charge in [0, 0.05) is 36.0 Å². The van der Waals surface area contributed by atoms with Gasteiger partial charge in [-0.25, -0.2) is 13.8 Å². The molecule has 0 unspecified atom stereocenters. The number of alkyl halides is 2. The molecule has 1 amide bonds. The molecule has 4 nitrogen and oxygen atoms in total. The Hall–Kier alpha value is -2.89. The minimum atomic E-state index is -2.40. The van der Waals surface area contributed by atoms with Crippen LogP contribution >= 0.6 is 0 Å². The molecule has 0 aliphatic heterocycles. The highest BCUT2D eigenvalue weighted by molar-refractivity contribution is 5.92. The molecule has 0 saturated heterocycles. The molecule has 128 valence electrons. The molecular formula is C19H17F2N3O. The summed E-state index contributed by atoms with van der Waals surface area (Å²) in [6.07, 6.45) is 0.586. The van der Waals surface area contributed by atoms with Crippen LogP contribution in [0.1, 0.15) is 18.2 Å². The van der Waals surface area contributed by atoms with E-state index in [1.165, 1.54) is 6.92 Å². The maximum absolute atomic E-state index is 12.5. The topological polar surface area (TPSA) is 54.9 Å². The van der Waals surface area contributed by atoms with Gasteiger partial charge in [0.2, 0.25) is 12.3 Å². The average Bonchev–Trinajstić information content (AvgIpc) is 2.53. The molecule has 1 N–H and O–H groups in total. The van der Waals surface area contributed by atoms with Crippen LogP contribution in [-0.2, 0) is 11.2 Å². The van der Waals surface area contributed by atoms with Gasteiger partial charge in [0.15, 0.2) is 0 Å². The Morgan fingerprint density at radius 3 is 2.60 bits per heavy atom. The number of anilines is 1. The predicted molar refractivity (Wildman–Crippen MR) is 93.7 cm³/mol. The molecule has 25 heavy (non-hydrogen) atoms. The number of halogens is 2. The van der Waals surface area contributed by atoms with E-state index in [9.17, 15) is 13.6 Å². The third-order valence-corrected chi connectivity index (χ3v) is 3.87. The van der Waals surface area contributed by atoms with Gasteiger partial charge in [-0.05, 0) is 41.6 Å². The SMILES string of the molecule is CC(=O)Nc1cc2ccc(-c3cnc(CC(F)F)cc3C)cc2cn1. The van der Waals surface area contributed by atoms with Crippen LogP contribution in [0, 0.1) is 6.92 Å². The normalized spacial score (nSPS) is 11.1. The molecule has 0 atom stereocenters. The van der Waals surface area contributed by atoms with Crippen LogP contribution in [0.15, 0.2) is 42.7 Å². The lowest BCUT2D eigenvalue weighted by Crippen LogP contribution is -2.06. The second-order valence-electron chi connectivity index (χ2n) is 5.90. The number of hydrogen-bond acceptors (Lipinski definition) is 3. The van der Waals surface area contributed by atoms with Crippen LogP contribution in [0.25, 0.3) is 21.9 Å². The van der Waals surface area contributed by atoms with Gasteiger partial charge in [0.25, 0.3) is 0 Å². The highest BCUT2D eigenvalue weighted by Gasteiger charge is 2.10. The largest absolute Gasteiger partial charge is 0.311 e. The Labute approximate surface area is 143 Å². The first-order valence-corrected chi connectivity index (χ1v) is 7.84. The maximum atomic E-state index is 12.5. The maximum Gasteiger partial charge on any atom is 0.244 e. The summed E-state index contributed by atoms with van der Waals surface area (Å²) in [6.45, 7) is 3.32. The summed E-state index contributed by atoms with van der Waals surface area (Å²) in [5, 5.41) is 4.52. The summed E-state index contributed by atoms with van der Waals surface area (Å²) < 4.78 is 25.0. The van der Waals surface area contributed by atoms with E-state index in [-0.39, 0.29) is 12.3 Å². The van der Waals surface area contributed by atoms with Gasteiger partial charge in [-0.15, -0.1) is 0 Å². The number of rotatable bonds is 4. The first-order valence-electron chi connectivity index (χ1n) is 7.84. The summed E-state index contributed by atoms with van der Waals surface area (Å²) in [7, 11) is 0. The number of carbonyl (C=O) groups is 1. The quantitative estimate of drug-likeness (QED) is 0.766. The average molecular weight is 341 g/mol. The molecule has 0 aliphatic rings. The van der Waals surface area contributed by atoms with E-state index in [2.05, 4.69) is 15.3 Å². The first kappa shape index (κ1) is 17.0. The molecule has 3 rings (SSSR count). The van der Waals surface area contributed by atoms with Crippen LogP contribution in [0.2, 0.25) is 0 Å². The van der Waals surface area contributed by atoms with Gasteiger partial charge < -0.3 is 5.32 Å². The van der Waals surface area contributed by atoms with Crippen molar-refractivity contribution in [3.8, 4) is 11.1 Å². The molecule has 0 radical (unpaired) electrons. The zero-order valence-electron chi connectivity index (χ0n) is 13.9. The Bertz CT molecular complexity index is 941. The van der Waals surface area contributed by atoms with Gasteiger partial charge in [-0.2, -0.15) is 0 Å². The Morgan fingerprint density at radius 2 is 1.92 bits per heavy atom. The van der Waals surface area contributed by atoms with E-state index in [1.807, 2.05) is 25.1 Å². The third kappa shape index (κ3) is 3.96. The number of carbonyl (C=O) groups excluding carboxylic acids is 1. The van der Waals surface area contributed by atoms with Crippen molar-refractivity contribution in [3.63, 3.8) is 0 Å². The minimum absolute atomic E-state index is 0.172. The molecule has 0 fully saturated rings. The lowest BCUT2D eigenvalue weighted by molar-refractivity contribution is -0.114. The number of aryl methyl sites for hydroxylation is 1. The Morgan fingerprint density at radius 1 is 1.12 bits per heavy atom. The Kier molecular flexibility index (Phi) is 4.70. The van der Waals surface area contributed by atoms with E-state index in [0.717, 1.165) is 27.5 Å². The zero-order chi connectivity index (χ0) is 18.0. The van der Waals surface area contributed by atoms with Crippen molar-refractivity contribution in [2.45, 2.75) is 26.7 Å². The van der Waals surface area contributed by atoms with Crippen molar-refractivity contribution in [2.24, 2.45) is 0 Å². The fraction of sp³-hybridized carbons (Fsp3) is 0.211. The molecule has 0 spiro atoms. The number of amides is 1. The van der Waals surface area contributed by atoms with Gasteiger partial charge >= 0.3 is 0 Å². The minimum Gasteiger partial charge on any atom is -0.311 e. The Balaban J connectivity index is 1.95. The summed E-state index contributed by atoms with van der Waals surface area (Å²) in [5.74, 6) is 0.330. The predicted octanol–water partition coefficient (Wildman–Crippen LogP) is 4.37. The van der Waals surface area contributed by atoms with E-state index in [4.69, 9.17) is 0 Å². The fourth-order valence-electron chi connectivity index (χ4n) is 2.74. The molecule has 1 aromatic carbocycles. The van der Waals surface area contributed by atoms with Crippen LogP contribution in [0.5, 0.6) is 0 Å². The van der Waals surface area contributed by atoms with Crippen molar-refractivity contribution >= 4 is 22.5 Å². The second kappa shape index (κ2) is 6.93. The summed E-state index contributed by atoms with van der Waals surface area (Å²) in [6, 6.07) is 9.35. The molecule has 6 heteroatoms. The number of fused-ring (bicyclic) bond motifs is 1. The standard InChI is InChI=1S/C19H17F2N3O/c1-11-5-16(8-18(20)21)22-10-17(11)14-4-3-13-7-19(24-12(2)25)23-9-15(13)6-14/h3-7,9-10,18H,8H2,1-2H3,(H,23,24,25). The van der Waals surface area contributed by atoms with E-state index >= 15 is 0 Å². The smallest absolute Gasteiger partial charge is 0.244 e. The van der Waals surface area contributed by atoms with Crippen LogP contribution in [0.4, 0.5) is 14.6 Å². The molecule has 0 saturated carbocycles. The van der Waals surface area contributed by atoms with Gasteiger partial charge in [-0.1, -0.05) is 12.1 Å². The molecule has 3 aromatic rings. The third-order valence-electron chi connectivity index (χ3n) is 3.87. The molecule has 2 aromatic heterocycles. The van der Waals surface area contributed by atoms with E-state index in [1.54, 1.807) is 24.5 Å². The number of hydrogen-bond donors (Lipinski definition) is 1. The van der Waals surface area contributed by atoms with Crippen molar-refractivity contribution in [2.75, 3.05) is 5.32 Å². The number of nitrogens with one attached hydrogen (secondary N) is 1. The summed E-state index contributed by atoms with van der Waals surface area (Å²) in [4.78, 5) is 19.5. The van der Waals surface area contributed by atoms with Gasteiger partial charge in [-0.3, -0.25) is 9.78 Å². The number of aromatic nitrogens is 2. The monoisotopic (exact) mass is 341 g/mol. The summed E-state index contributed by atoms with van der Waals surface area (Å²) >= 11 is 0. The second-order valence-corrected chi connectivity index (χ2v) is 5.90. The number of nitrogens with zero attached hydrogens (tertiary/aromatic N) is 2. The van der Waals surface area contributed by atoms with E-state index in [0.29, 0.717) is 11.5 Å². The van der Waals surface area contributed by atoms with Crippen LogP contribution in [0.3, 0.4) is 0 Å². The van der Waals surface area contributed by atoms with Crippen molar-refractivity contribution in [1.82, 2.24) is 9.97 Å². The number of pyridine rings is 2. The van der Waals surface area contributed by atoms with Gasteiger partial charge in [0.1, 0.15) is 5.82 Å². The highest BCUT2D eigenvalue weighted by Crippen LogP contribution is 2.27. The lowest BCUT2D eigenvalue weighted by atomic mass is 9.99. The van der Waals surface area contributed by atoms with Gasteiger partial charge in [0.05, 0.1) is 6.42 Å². The van der Waals surface area contributed by atoms with Crippen LogP contribution < -0.4 is 5.32 Å². The molecule has 0 aliphatic carbocycles. The zero-order valence-corrected chi connectivity index (χ0v) is 13.9. The first-order chi connectivity index (χ1) is 11.9. The molecule has 0 bridgehead atoms. The van der Waals surface area contributed by atoms with Crippen molar-refractivity contribution in [1.29, 1.82) is 0 Å². The van der Waals surface area contributed by atoms with Crippen molar-refractivity contribution in [3.05, 3.63) is 54.0 Å². The van der Waals surface area contributed by atoms with Crippen LogP contribution in [-0.4, -0.2) is 22.3 Å². The molecular weight excluding hydrogens is 324 g/mol.